The highest BCUT2D eigenvalue weighted by molar-refractivity contribution is 7.92. The van der Waals surface area contributed by atoms with E-state index in [4.69, 9.17) is 11.6 Å². The number of pyridine rings is 1. The van der Waals surface area contributed by atoms with Crippen LogP contribution in [0, 0.1) is 18.6 Å². The molecular weight excluding hydrogens is 310 g/mol. The molecule has 0 spiro atoms. The largest absolute Gasteiger partial charge is 0.276 e. The van der Waals surface area contributed by atoms with Crippen LogP contribution in [0.2, 0.25) is 5.15 Å². The third-order valence-corrected chi connectivity index (χ3v) is 4.22. The zero-order valence-electron chi connectivity index (χ0n) is 10.2. The Morgan fingerprint density at radius 3 is 2.35 bits per heavy atom. The zero-order valence-corrected chi connectivity index (χ0v) is 11.8. The summed E-state index contributed by atoms with van der Waals surface area (Å²) in [6.45, 7) is 1.59. The predicted molar refractivity (Wildman–Crippen MR) is 71.2 cm³/mol. The van der Waals surface area contributed by atoms with E-state index in [0.717, 1.165) is 18.2 Å². The van der Waals surface area contributed by atoms with Gasteiger partial charge >= 0.3 is 0 Å². The lowest BCUT2D eigenvalue weighted by Crippen LogP contribution is -2.17. The molecule has 20 heavy (non-hydrogen) atoms. The summed E-state index contributed by atoms with van der Waals surface area (Å²) in [5.41, 5.74) is 0.460. The van der Waals surface area contributed by atoms with Crippen LogP contribution in [0.3, 0.4) is 0 Å². The van der Waals surface area contributed by atoms with Crippen LogP contribution in [0.1, 0.15) is 5.56 Å². The van der Waals surface area contributed by atoms with Crippen LogP contribution in [0.4, 0.5) is 14.5 Å². The number of nitrogens with one attached hydrogen (secondary N) is 1. The summed E-state index contributed by atoms with van der Waals surface area (Å²) in [4.78, 5) is 2.66. The van der Waals surface area contributed by atoms with Gasteiger partial charge in [0.15, 0.2) is 10.0 Å². The Hall–Kier alpha value is -1.73. The fourth-order valence-electron chi connectivity index (χ4n) is 1.57. The summed E-state index contributed by atoms with van der Waals surface area (Å²) in [6, 6.07) is 4.30. The maximum atomic E-state index is 13.5. The van der Waals surface area contributed by atoms with E-state index in [9.17, 15) is 17.2 Å². The molecule has 1 heterocycles. The lowest BCUT2D eigenvalue weighted by Gasteiger charge is -2.12. The molecule has 0 saturated carbocycles. The van der Waals surface area contributed by atoms with Gasteiger partial charge in [-0.3, -0.25) is 4.72 Å². The van der Waals surface area contributed by atoms with Gasteiger partial charge in [-0.1, -0.05) is 17.7 Å². The average molecular weight is 319 g/mol. The number of hydrogen-bond acceptors (Lipinski definition) is 3. The van der Waals surface area contributed by atoms with Gasteiger partial charge in [0, 0.05) is 6.20 Å². The molecule has 0 fully saturated rings. The summed E-state index contributed by atoms with van der Waals surface area (Å²) in [5.74, 6) is -2.37. The molecule has 0 unspecified atom stereocenters. The molecule has 4 nitrogen and oxygen atoms in total. The normalized spacial score (nSPS) is 11.4. The summed E-state index contributed by atoms with van der Waals surface area (Å²) in [7, 11) is -4.44. The van der Waals surface area contributed by atoms with E-state index in [1.54, 1.807) is 6.92 Å². The molecule has 2 rings (SSSR count). The van der Waals surface area contributed by atoms with E-state index in [1.165, 1.54) is 12.3 Å². The fraction of sp³-hybridized carbons (Fsp3) is 0.0833. The van der Waals surface area contributed by atoms with E-state index >= 15 is 0 Å². The lowest BCUT2D eigenvalue weighted by molar-refractivity contribution is 0.521. The Bertz CT molecular complexity index is 726. The Labute approximate surface area is 119 Å². The molecule has 2 aromatic rings. The lowest BCUT2D eigenvalue weighted by atomic mass is 10.3. The second-order valence-corrected chi connectivity index (χ2v) is 5.93. The van der Waals surface area contributed by atoms with Crippen LogP contribution >= 0.6 is 11.6 Å². The Morgan fingerprint density at radius 1 is 1.20 bits per heavy atom. The van der Waals surface area contributed by atoms with Gasteiger partial charge in [0.1, 0.15) is 11.6 Å². The first-order valence-corrected chi connectivity index (χ1v) is 7.27. The van der Waals surface area contributed by atoms with Crippen LogP contribution < -0.4 is 4.72 Å². The first-order chi connectivity index (χ1) is 9.33. The van der Waals surface area contributed by atoms with Crippen LogP contribution in [-0.2, 0) is 10.0 Å². The molecule has 0 aliphatic carbocycles. The van der Waals surface area contributed by atoms with Crippen molar-refractivity contribution in [3.63, 3.8) is 0 Å². The fourth-order valence-corrected chi connectivity index (χ4v) is 3.16. The molecular formula is C12H9ClF2N2O2S. The summed E-state index contributed by atoms with van der Waals surface area (Å²) in [5, 5.41) is -0.106. The minimum absolute atomic E-state index is 0.0168. The third-order valence-electron chi connectivity index (χ3n) is 2.54. The molecule has 1 aromatic carbocycles. The standard InChI is InChI=1S/C12H9ClF2N2O2S/c1-7-5-6-16-12(13)10(7)17-20(18,19)11-8(14)3-2-4-9(11)15/h2-6,17H,1H3. The maximum Gasteiger partial charge on any atom is 0.267 e. The SMILES string of the molecule is Cc1ccnc(Cl)c1NS(=O)(=O)c1c(F)cccc1F. The summed E-state index contributed by atoms with van der Waals surface area (Å²) in [6.07, 6.45) is 1.39. The zero-order chi connectivity index (χ0) is 14.9. The van der Waals surface area contributed by atoms with Crippen molar-refractivity contribution in [2.75, 3.05) is 4.72 Å². The molecule has 0 amide bonds. The molecule has 0 aliphatic rings. The summed E-state index contributed by atoms with van der Waals surface area (Å²) < 4.78 is 53.3. The maximum absolute atomic E-state index is 13.5. The van der Waals surface area contributed by atoms with Gasteiger partial charge in [-0.25, -0.2) is 22.2 Å². The van der Waals surface area contributed by atoms with Gasteiger partial charge < -0.3 is 0 Å². The highest BCUT2D eigenvalue weighted by Gasteiger charge is 2.25. The number of aromatic nitrogens is 1. The van der Waals surface area contributed by atoms with Gasteiger partial charge in [0.2, 0.25) is 0 Å². The van der Waals surface area contributed by atoms with E-state index in [0.29, 0.717) is 5.56 Å². The van der Waals surface area contributed by atoms with Gasteiger partial charge in [0.05, 0.1) is 5.69 Å². The van der Waals surface area contributed by atoms with E-state index in [1.807, 2.05) is 0 Å². The molecule has 0 radical (unpaired) electrons. The monoisotopic (exact) mass is 318 g/mol. The van der Waals surface area contributed by atoms with Gasteiger partial charge in [0.25, 0.3) is 10.0 Å². The van der Waals surface area contributed by atoms with Crippen molar-refractivity contribution in [2.24, 2.45) is 0 Å². The number of benzene rings is 1. The highest BCUT2D eigenvalue weighted by Crippen LogP contribution is 2.27. The number of sulfonamides is 1. The molecule has 106 valence electrons. The van der Waals surface area contributed by atoms with Crippen molar-refractivity contribution >= 4 is 27.3 Å². The van der Waals surface area contributed by atoms with Gasteiger partial charge in [-0.2, -0.15) is 0 Å². The smallest absolute Gasteiger partial charge is 0.267 e. The average Bonchev–Trinajstić information content (AvgIpc) is 2.33. The third kappa shape index (κ3) is 2.73. The quantitative estimate of drug-likeness (QED) is 0.885. The number of aryl methyl sites for hydroxylation is 1. The molecule has 1 aromatic heterocycles. The first-order valence-electron chi connectivity index (χ1n) is 5.41. The molecule has 0 aliphatic heterocycles. The molecule has 1 N–H and O–H groups in total. The predicted octanol–water partition coefficient (Wildman–Crippen LogP) is 3.12. The molecule has 8 heteroatoms. The molecule has 0 atom stereocenters. The van der Waals surface area contributed by atoms with Crippen molar-refractivity contribution in [3.8, 4) is 0 Å². The van der Waals surface area contributed by atoms with Crippen molar-refractivity contribution in [3.05, 3.63) is 52.8 Å². The Balaban J connectivity index is 2.53. The summed E-state index contributed by atoms with van der Waals surface area (Å²) >= 11 is 5.78. The molecule has 0 bridgehead atoms. The second kappa shape index (κ2) is 5.34. The van der Waals surface area contributed by atoms with Crippen molar-refractivity contribution in [1.82, 2.24) is 4.98 Å². The number of hydrogen-bond donors (Lipinski definition) is 1. The van der Waals surface area contributed by atoms with Crippen molar-refractivity contribution in [2.45, 2.75) is 11.8 Å². The number of rotatable bonds is 3. The van der Waals surface area contributed by atoms with Gasteiger partial charge in [-0.05, 0) is 30.7 Å². The Morgan fingerprint density at radius 2 is 1.80 bits per heavy atom. The topological polar surface area (TPSA) is 59.1 Å². The van der Waals surface area contributed by atoms with Gasteiger partial charge in [-0.15, -0.1) is 0 Å². The first kappa shape index (κ1) is 14.7. The number of anilines is 1. The minimum atomic E-state index is -4.44. The van der Waals surface area contributed by atoms with Crippen LogP contribution in [0.25, 0.3) is 0 Å². The Kier molecular flexibility index (Phi) is 3.92. The van der Waals surface area contributed by atoms with E-state index < -0.39 is 26.6 Å². The van der Waals surface area contributed by atoms with Crippen LogP contribution in [0.5, 0.6) is 0 Å². The van der Waals surface area contributed by atoms with Crippen LogP contribution in [-0.4, -0.2) is 13.4 Å². The van der Waals surface area contributed by atoms with E-state index in [2.05, 4.69) is 9.71 Å². The number of nitrogens with zero attached hydrogens (tertiary/aromatic N) is 1. The number of halogens is 3. The second-order valence-electron chi connectivity index (χ2n) is 3.95. The molecule has 0 saturated heterocycles. The van der Waals surface area contributed by atoms with Crippen molar-refractivity contribution < 1.29 is 17.2 Å². The van der Waals surface area contributed by atoms with Crippen molar-refractivity contribution in [1.29, 1.82) is 0 Å². The highest BCUT2D eigenvalue weighted by atomic mass is 35.5. The van der Waals surface area contributed by atoms with Crippen LogP contribution in [0.15, 0.2) is 35.4 Å². The minimum Gasteiger partial charge on any atom is -0.276 e. The van der Waals surface area contributed by atoms with E-state index in [-0.39, 0.29) is 10.8 Å².